The molecular formula is C7H16NS+. The fourth-order valence-corrected chi connectivity index (χ4v) is 2.20. The first-order valence-electron chi connectivity index (χ1n) is 3.53. The maximum absolute atomic E-state index is 4.44. The standard InChI is InChI=1S/C7H15NS/c1-7(2)4-6(9)5-8(7)3/h6,9H,4-5H2,1-3H3/p+1. The van der Waals surface area contributed by atoms with Gasteiger partial charge in [0.05, 0.1) is 24.4 Å². The van der Waals surface area contributed by atoms with Crippen LogP contribution >= 0.6 is 12.6 Å². The van der Waals surface area contributed by atoms with Gasteiger partial charge in [-0.3, -0.25) is 0 Å². The number of rotatable bonds is 0. The molecule has 54 valence electrons. The second-order valence-electron chi connectivity index (χ2n) is 3.73. The van der Waals surface area contributed by atoms with Crippen LogP contribution in [0.1, 0.15) is 20.3 Å². The summed E-state index contributed by atoms with van der Waals surface area (Å²) in [5.41, 5.74) is 0.465. The van der Waals surface area contributed by atoms with Gasteiger partial charge in [0.1, 0.15) is 0 Å². The van der Waals surface area contributed by atoms with Gasteiger partial charge in [0, 0.05) is 6.42 Å². The van der Waals surface area contributed by atoms with E-state index in [4.69, 9.17) is 0 Å². The summed E-state index contributed by atoms with van der Waals surface area (Å²) in [5, 5.41) is 0.625. The van der Waals surface area contributed by atoms with E-state index in [0.717, 1.165) is 0 Å². The molecule has 2 heteroatoms. The van der Waals surface area contributed by atoms with Crippen molar-refractivity contribution in [3.63, 3.8) is 0 Å². The summed E-state index contributed by atoms with van der Waals surface area (Å²) < 4.78 is 0. The molecule has 0 aromatic heterocycles. The molecule has 1 heterocycles. The second kappa shape index (κ2) is 2.17. The van der Waals surface area contributed by atoms with Crippen LogP contribution in [0.5, 0.6) is 0 Å². The largest absolute Gasteiger partial charge is 0.332 e. The highest BCUT2D eigenvalue weighted by Gasteiger charge is 2.37. The molecule has 2 unspecified atom stereocenters. The summed E-state index contributed by atoms with van der Waals surface area (Å²) in [5.74, 6) is 0. The lowest BCUT2D eigenvalue weighted by atomic mass is 10.0. The monoisotopic (exact) mass is 146 g/mol. The van der Waals surface area contributed by atoms with E-state index >= 15 is 0 Å². The van der Waals surface area contributed by atoms with E-state index in [9.17, 15) is 0 Å². The lowest BCUT2D eigenvalue weighted by molar-refractivity contribution is -0.915. The van der Waals surface area contributed by atoms with Gasteiger partial charge >= 0.3 is 0 Å². The van der Waals surface area contributed by atoms with Crippen LogP contribution in [-0.4, -0.2) is 24.4 Å². The maximum Gasteiger partial charge on any atom is 0.0931 e. The van der Waals surface area contributed by atoms with Crippen molar-refractivity contribution in [2.45, 2.75) is 31.1 Å². The Kier molecular flexibility index (Phi) is 1.79. The van der Waals surface area contributed by atoms with Gasteiger partial charge in [0.25, 0.3) is 0 Å². The predicted molar refractivity (Wildman–Crippen MR) is 43.2 cm³/mol. The van der Waals surface area contributed by atoms with Gasteiger partial charge in [-0.25, -0.2) is 0 Å². The quantitative estimate of drug-likeness (QED) is 0.443. The second-order valence-corrected chi connectivity index (χ2v) is 4.46. The molecule has 1 N–H and O–H groups in total. The molecule has 9 heavy (non-hydrogen) atoms. The van der Waals surface area contributed by atoms with Gasteiger partial charge in [-0.1, -0.05) is 0 Å². The lowest BCUT2D eigenvalue weighted by Crippen LogP contribution is -3.14. The Balaban J connectivity index is 2.58. The molecule has 0 aliphatic carbocycles. The van der Waals surface area contributed by atoms with Crippen molar-refractivity contribution in [3.05, 3.63) is 0 Å². The smallest absolute Gasteiger partial charge is 0.0931 e. The molecule has 0 radical (unpaired) electrons. The average Bonchev–Trinajstić information content (AvgIpc) is 1.79. The molecule has 0 aromatic rings. The van der Waals surface area contributed by atoms with Crippen LogP contribution in [0.3, 0.4) is 0 Å². The van der Waals surface area contributed by atoms with Crippen molar-refractivity contribution >= 4 is 12.6 Å². The van der Waals surface area contributed by atoms with Crippen LogP contribution in [0.15, 0.2) is 0 Å². The Morgan fingerprint density at radius 1 is 1.56 bits per heavy atom. The maximum atomic E-state index is 4.44. The zero-order chi connectivity index (χ0) is 7.07. The third-order valence-electron chi connectivity index (χ3n) is 2.44. The van der Waals surface area contributed by atoms with Crippen LogP contribution < -0.4 is 4.90 Å². The number of hydrogen-bond acceptors (Lipinski definition) is 1. The molecule has 1 fully saturated rings. The third-order valence-corrected chi connectivity index (χ3v) is 2.81. The highest BCUT2D eigenvalue weighted by atomic mass is 32.1. The van der Waals surface area contributed by atoms with Crippen molar-refractivity contribution < 1.29 is 4.90 Å². The fraction of sp³-hybridized carbons (Fsp3) is 1.00. The van der Waals surface area contributed by atoms with Crippen LogP contribution in [0.2, 0.25) is 0 Å². The topological polar surface area (TPSA) is 4.44 Å². The molecule has 0 aromatic carbocycles. The van der Waals surface area contributed by atoms with Crippen molar-refractivity contribution in [2.75, 3.05) is 13.6 Å². The van der Waals surface area contributed by atoms with E-state index in [-0.39, 0.29) is 0 Å². The van der Waals surface area contributed by atoms with Gasteiger partial charge in [-0.05, 0) is 13.8 Å². The minimum Gasteiger partial charge on any atom is -0.332 e. The molecule has 1 aliphatic heterocycles. The normalized spacial score (nSPS) is 41.3. The minimum atomic E-state index is 0.465. The first-order chi connectivity index (χ1) is 4.02. The molecular weight excluding hydrogens is 130 g/mol. The fourth-order valence-electron chi connectivity index (χ4n) is 1.47. The highest BCUT2D eigenvalue weighted by Crippen LogP contribution is 2.16. The van der Waals surface area contributed by atoms with Crippen molar-refractivity contribution in [1.82, 2.24) is 0 Å². The van der Waals surface area contributed by atoms with Crippen molar-refractivity contribution in [3.8, 4) is 0 Å². The lowest BCUT2D eigenvalue weighted by Gasteiger charge is -2.23. The number of likely N-dealkylation sites (tertiary alicyclic amines) is 1. The number of hydrogen-bond donors (Lipinski definition) is 2. The molecule has 1 saturated heterocycles. The van der Waals surface area contributed by atoms with Gasteiger partial charge < -0.3 is 4.90 Å². The van der Waals surface area contributed by atoms with Crippen molar-refractivity contribution in [2.24, 2.45) is 0 Å². The van der Waals surface area contributed by atoms with Gasteiger partial charge in [0.15, 0.2) is 0 Å². The zero-order valence-corrected chi connectivity index (χ0v) is 7.33. The average molecular weight is 146 g/mol. The number of thiol groups is 1. The number of nitrogens with one attached hydrogen (secondary N) is 1. The van der Waals surface area contributed by atoms with Crippen LogP contribution in [0, 0.1) is 0 Å². The Labute approximate surface area is 62.8 Å². The molecule has 0 bridgehead atoms. The summed E-state index contributed by atoms with van der Waals surface area (Å²) >= 11 is 4.44. The van der Waals surface area contributed by atoms with Crippen LogP contribution in [-0.2, 0) is 0 Å². The van der Waals surface area contributed by atoms with Gasteiger partial charge in [0.2, 0.25) is 0 Å². The minimum absolute atomic E-state index is 0.465. The van der Waals surface area contributed by atoms with E-state index in [1.165, 1.54) is 13.0 Å². The predicted octanol–water partition coefficient (Wildman–Crippen LogP) is -0.0182. The van der Waals surface area contributed by atoms with Gasteiger partial charge in [-0.2, -0.15) is 12.6 Å². The summed E-state index contributed by atoms with van der Waals surface area (Å²) in [7, 11) is 2.25. The summed E-state index contributed by atoms with van der Waals surface area (Å²) in [6.07, 6.45) is 1.25. The van der Waals surface area contributed by atoms with Crippen molar-refractivity contribution in [1.29, 1.82) is 0 Å². The van der Waals surface area contributed by atoms with E-state index in [0.29, 0.717) is 10.8 Å². The molecule has 0 amide bonds. The Morgan fingerprint density at radius 2 is 2.11 bits per heavy atom. The third kappa shape index (κ3) is 1.41. The van der Waals surface area contributed by atoms with E-state index in [1.807, 2.05) is 0 Å². The summed E-state index contributed by atoms with van der Waals surface area (Å²) in [6, 6.07) is 0. The van der Waals surface area contributed by atoms with E-state index < -0.39 is 0 Å². The molecule has 0 spiro atoms. The SMILES string of the molecule is C[NH+]1CC(S)CC1(C)C. The molecule has 1 aliphatic rings. The first kappa shape index (κ1) is 7.42. The molecule has 1 nitrogen and oxygen atoms in total. The molecule has 0 saturated carbocycles. The summed E-state index contributed by atoms with van der Waals surface area (Å²) in [4.78, 5) is 1.61. The zero-order valence-electron chi connectivity index (χ0n) is 6.44. The summed E-state index contributed by atoms with van der Waals surface area (Å²) in [6.45, 7) is 5.83. The van der Waals surface area contributed by atoms with Gasteiger partial charge in [-0.15, -0.1) is 0 Å². The van der Waals surface area contributed by atoms with Crippen LogP contribution in [0.25, 0.3) is 0 Å². The van der Waals surface area contributed by atoms with Crippen LogP contribution in [0.4, 0.5) is 0 Å². The van der Waals surface area contributed by atoms with E-state index in [1.54, 1.807) is 4.90 Å². The Morgan fingerprint density at radius 3 is 2.22 bits per heavy atom. The highest BCUT2D eigenvalue weighted by molar-refractivity contribution is 7.81. The first-order valence-corrected chi connectivity index (χ1v) is 4.05. The Hall–Kier alpha value is 0.310. The van der Waals surface area contributed by atoms with E-state index in [2.05, 4.69) is 33.5 Å². The molecule has 2 atom stereocenters. The Bertz CT molecular complexity index is 111. The number of quaternary nitrogens is 1. The molecule has 1 rings (SSSR count).